The smallest absolute Gasteiger partial charge is 0.319 e. The highest BCUT2D eigenvalue weighted by atomic mass is 16.5. The Morgan fingerprint density at radius 3 is 2.64 bits per heavy atom. The lowest BCUT2D eigenvalue weighted by Gasteiger charge is -2.21. The Morgan fingerprint density at radius 2 is 1.97 bits per heavy atom. The van der Waals surface area contributed by atoms with Gasteiger partial charge in [-0.25, -0.2) is 4.79 Å². The third kappa shape index (κ3) is 5.49. The number of benzene rings is 2. The number of hydrogen-bond donors (Lipinski definition) is 2. The first kappa shape index (κ1) is 22.3. The van der Waals surface area contributed by atoms with Crippen LogP contribution >= 0.6 is 0 Å². The zero-order valence-corrected chi connectivity index (χ0v) is 18.9. The molecule has 2 N–H and O–H groups in total. The van der Waals surface area contributed by atoms with E-state index in [0.29, 0.717) is 36.5 Å². The number of aromatic nitrogens is 1. The highest BCUT2D eigenvalue weighted by Gasteiger charge is 2.25. The summed E-state index contributed by atoms with van der Waals surface area (Å²) in [4.78, 5) is 31.3. The van der Waals surface area contributed by atoms with Gasteiger partial charge in [-0.2, -0.15) is 0 Å². The first-order valence-corrected chi connectivity index (χ1v) is 11.1. The predicted molar refractivity (Wildman–Crippen MR) is 129 cm³/mol. The maximum Gasteiger partial charge on any atom is 0.319 e. The molecule has 3 amide bonds. The molecular formula is C26H28N4O3. The fraction of sp³-hybridized carbons (Fsp3) is 0.269. The molecule has 0 bridgehead atoms. The third-order valence-corrected chi connectivity index (χ3v) is 5.71. The van der Waals surface area contributed by atoms with E-state index in [1.54, 1.807) is 36.4 Å². The van der Waals surface area contributed by atoms with Crippen LogP contribution in [0.3, 0.4) is 0 Å². The van der Waals surface area contributed by atoms with Gasteiger partial charge in [0.25, 0.3) is 0 Å². The van der Waals surface area contributed by atoms with Gasteiger partial charge >= 0.3 is 6.03 Å². The maximum atomic E-state index is 12.9. The third-order valence-electron chi connectivity index (χ3n) is 5.71. The molecule has 0 saturated carbocycles. The molecule has 2 aromatic carbocycles. The van der Waals surface area contributed by atoms with Crippen LogP contribution in [0, 0.1) is 6.92 Å². The lowest BCUT2D eigenvalue weighted by molar-refractivity contribution is -0.117. The van der Waals surface area contributed by atoms with Crippen LogP contribution in [0.25, 0.3) is 0 Å². The van der Waals surface area contributed by atoms with Gasteiger partial charge in [-0.3, -0.25) is 9.78 Å². The molecule has 170 valence electrons. The first-order chi connectivity index (χ1) is 16.0. The van der Waals surface area contributed by atoms with E-state index in [9.17, 15) is 9.59 Å². The summed E-state index contributed by atoms with van der Waals surface area (Å²) in [5.74, 6) is 0.658. The van der Waals surface area contributed by atoms with Crippen molar-refractivity contribution >= 4 is 23.3 Å². The van der Waals surface area contributed by atoms with Gasteiger partial charge in [0.2, 0.25) is 5.91 Å². The standard InChI is InChI=1S/C26H28N4O3/c1-18-8-10-19(11-9-18)16-22(21-6-3-4-14-27-21)29-26(32)28-20-12-13-24(33-2)23(17-20)30-15-5-7-25(30)31/h3-4,6,8-14,17,22H,5,7,15-16H2,1-2H3,(H2,28,29,32). The summed E-state index contributed by atoms with van der Waals surface area (Å²) in [6, 6.07) is 18.6. The van der Waals surface area contributed by atoms with Gasteiger partial charge in [-0.05, 0) is 55.7 Å². The van der Waals surface area contributed by atoms with E-state index in [-0.39, 0.29) is 18.0 Å². The highest BCUT2D eigenvalue weighted by Crippen LogP contribution is 2.34. The second-order valence-electron chi connectivity index (χ2n) is 8.13. The number of nitrogens with one attached hydrogen (secondary N) is 2. The van der Waals surface area contributed by atoms with E-state index in [0.717, 1.165) is 17.7 Å². The molecule has 1 aliphatic rings. The van der Waals surface area contributed by atoms with E-state index in [2.05, 4.69) is 39.9 Å². The molecule has 33 heavy (non-hydrogen) atoms. The highest BCUT2D eigenvalue weighted by molar-refractivity contribution is 5.98. The minimum absolute atomic E-state index is 0.0585. The van der Waals surface area contributed by atoms with E-state index >= 15 is 0 Å². The maximum absolute atomic E-state index is 12.9. The van der Waals surface area contributed by atoms with E-state index in [1.165, 1.54) is 5.56 Å². The Bertz CT molecular complexity index is 1120. The molecule has 0 radical (unpaired) electrons. The van der Waals surface area contributed by atoms with Gasteiger partial charge in [0.15, 0.2) is 0 Å². The topological polar surface area (TPSA) is 83.6 Å². The Morgan fingerprint density at radius 1 is 1.15 bits per heavy atom. The molecule has 3 aromatic rings. The number of urea groups is 1. The largest absolute Gasteiger partial charge is 0.495 e. The number of rotatable bonds is 7. The van der Waals surface area contributed by atoms with Gasteiger partial charge < -0.3 is 20.3 Å². The van der Waals surface area contributed by atoms with Crippen LogP contribution in [-0.2, 0) is 11.2 Å². The average Bonchev–Trinajstić information content (AvgIpc) is 3.26. The first-order valence-electron chi connectivity index (χ1n) is 11.1. The van der Waals surface area contributed by atoms with Crippen molar-refractivity contribution in [3.8, 4) is 5.75 Å². The van der Waals surface area contributed by atoms with E-state index < -0.39 is 0 Å². The molecule has 1 fully saturated rings. The number of ether oxygens (including phenoxy) is 1. The van der Waals surface area contributed by atoms with Crippen LogP contribution in [0.2, 0.25) is 0 Å². The van der Waals surface area contributed by atoms with Crippen molar-refractivity contribution in [1.82, 2.24) is 10.3 Å². The van der Waals surface area contributed by atoms with Gasteiger partial charge in [0.1, 0.15) is 5.75 Å². The number of hydrogen-bond acceptors (Lipinski definition) is 4. The fourth-order valence-corrected chi connectivity index (χ4v) is 3.98. The number of carbonyl (C=O) groups is 2. The lowest BCUT2D eigenvalue weighted by Crippen LogP contribution is -2.34. The Labute approximate surface area is 193 Å². The molecule has 7 heteroatoms. The molecule has 4 rings (SSSR count). The van der Waals surface area contributed by atoms with Crippen LogP contribution in [0.5, 0.6) is 5.75 Å². The quantitative estimate of drug-likeness (QED) is 0.557. The molecule has 7 nitrogen and oxygen atoms in total. The van der Waals surface area contributed by atoms with Gasteiger partial charge in [-0.15, -0.1) is 0 Å². The molecule has 1 aliphatic heterocycles. The van der Waals surface area contributed by atoms with Crippen molar-refractivity contribution in [2.75, 3.05) is 23.9 Å². The minimum Gasteiger partial charge on any atom is -0.495 e. The lowest BCUT2D eigenvalue weighted by atomic mass is 10.0. The number of pyridine rings is 1. The molecule has 1 aromatic heterocycles. The summed E-state index contributed by atoms with van der Waals surface area (Å²) in [5, 5.41) is 5.94. The number of nitrogens with zero attached hydrogens (tertiary/aromatic N) is 2. The number of anilines is 2. The van der Waals surface area contributed by atoms with Gasteiger partial charge in [-0.1, -0.05) is 35.9 Å². The second kappa shape index (κ2) is 10.2. The summed E-state index contributed by atoms with van der Waals surface area (Å²) in [5.41, 5.74) is 4.32. The summed E-state index contributed by atoms with van der Waals surface area (Å²) >= 11 is 0. The molecule has 1 atom stereocenters. The van der Waals surface area contributed by atoms with Crippen LogP contribution in [0.4, 0.5) is 16.2 Å². The van der Waals surface area contributed by atoms with Crippen LogP contribution in [0.1, 0.15) is 35.7 Å². The Kier molecular flexibility index (Phi) is 6.88. The summed E-state index contributed by atoms with van der Waals surface area (Å²) in [7, 11) is 1.57. The number of amides is 3. The number of aryl methyl sites for hydroxylation is 1. The molecule has 2 heterocycles. The van der Waals surface area contributed by atoms with E-state index in [4.69, 9.17) is 4.74 Å². The summed E-state index contributed by atoms with van der Waals surface area (Å²) < 4.78 is 5.43. The van der Waals surface area contributed by atoms with Crippen molar-refractivity contribution in [2.24, 2.45) is 0 Å². The monoisotopic (exact) mass is 444 g/mol. The van der Waals surface area contributed by atoms with Crippen molar-refractivity contribution < 1.29 is 14.3 Å². The fourth-order valence-electron chi connectivity index (χ4n) is 3.98. The minimum atomic E-state index is -0.346. The molecular weight excluding hydrogens is 416 g/mol. The normalized spacial score (nSPS) is 14.1. The number of methoxy groups -OCH3 is 1. The average molecular weight is 445 g/mol. The van der Waals surface area contributed by atoms with Crippen LogP contribution in [0.15, 0.2) is 66.9 Å². The molecule has 1 unspecified atom stereocenters. The molecule has 0 spiro atoms. The van der Waals surface area contributed by atoms with Crippen LogP contribution in [-0.4, -0.2) is 30.6 Å². The van der Waals surface area contributed by atoms with Crippen LogP contribution < -0.4 is 20.3 Å². The predicted octanol–water partition coefficient (Wildman–Crippen LogP) is 4.63. The number of carbonyl (C=O) groups excluding carboxylic acids is 2. The Balaban J connectivity index is 1.51. The zero-order valence-electron chi connectivity index (χ0n) is 18.9. The molecule has 0 aliphatic carbocycles. The van der Waals surface area contributed by atoms with Gasteiger partial charge in [0.05, 0.1) is 24.5 Å². The zero-order chi connectivity index (χ0) is 23.2. The van der Waals surface area contributed by atoms with Crippen molar-refractivity contribution in [3.63, 3.8) is 0 Å². The second-order valence-corrected chi connectivity index (χ2v) is 8.13. The SMILES string of the molecule is COc1ccc(NC(=O)NC(Cc2ccc(C)cc2)c2ccccn2)cc1N1CCCC1=O. The summed E-state index contributed by atoms with van der Waals surface area (Å²) in [6.07, 6.45) is 3.66. The van der Waals surface area contributed by atoms with Crippen molar-refractivity contribution in [1.29, 1.82) is 0 Å². The van der Waals surface area contributed by atoms with E-state index in [1.807, 2.05) is 25.1 Å². The Hall–Kier alpha value is -3.87. The van der Waals surface area contributed by atoms with Crippen molar-refractivity contribution in [3.05, 3.63) is 83.7 Å². The summed E-state index contributed by atoms with van der Waals surface area (Å²) in [6.45, 7) is 2.69. The van der Waals surface area contributed by atoms with Crippen molar-refractivity contribution in [2.45, 2.75) is 32.2 Å². The van der Waals surface area contributed by atoms with Gasteiger partial charge in [0, 0.05) is 24.8 Å². The molecule has 1 saturated heterocycles.